The highest BCUT2D eigenvalue weighted by molar-refractivity contribution is 5.28. The minimum absolute atomic E-state index is 0.686. The molecule has 0 spiro atoms. The van der Waals surface area contributed by atoms with Crippen molar-refractivity contribution in [2.75, 3.05) is 13.2 Å². The van der Waals surface area contributed by atoms with Gasteiger partial charge in [-0.25, -0.2) is 0 Å². The minimum atomic E-state index is 0.686. The highest BCUT2D eigenvalue weighted by Crippen LogP contribution is 2.20. The Balaban J connectivity index is 2.05. The van der Waals surface area contributed by atoms with Crippen molar-refractivity contribution in [1.29, 1.82) is 0 Å². The summed E-state index contributed by atoms with van der Waals surface area (Å²) >= 11 is 0. The van der Waals surface area contributed by atoms with Crippen molar-refractivity contribution < 1.29 is 10.1 Å². The lowest BCUT2D eigenvalue weighted by atomic mass is 10.1. The van der Waals surface area contributed by atoms with E-state index in [4.69, 9.17) is 4.74 Å². The number of benzene rings is 1. The van der Waals surface area contributed by atoms with E-state index in [1.807, 2.05) is 6.92 Å². The second kappa shape index (κ2) is 4.47. The molecule has 1 aromatic carbocycles. The Kier molecular flexibility index (Phi) is 3.04. The third kappa shape index (κ3) is 2.07. The number of hydrogen-bond donors (Lipinski definition) is 1. The van der Waals surface area contributed by atoms with Gasteiger partial charge in [0.1, 0.15) is 11.8 Å². The van der Waals surface area contributed by atoms with Gasteiger partial charge in [0, 0.05) is 18.4 Å². The van der Waals surface area contributed by atoms with Crippen LogP contribution < -0.4 is 10.1 Å². The molecule has 14 heavy (non-hydrogen) atoms. The van der Waals surface area contributed by atoms with Crippen LogP contribution in [-0.2, 0) is 0 Å². The van der Waals surface area contributed by atoms with E-state index in [0.717, 1.165) is 12.4 Å². The summed E-state index contributed by atoms with van der Waals surface area (Å²) in [6.45, 7) is 4.03. The Bertz CT molecular complexity index is 275. The molecule has 1 saturated heterocycles. The maximum atomic E-state index is 5.41. The van der Waals surface area contributed by atoms with E-state index in [1.165, 1.54) is 24.9 Å². The molecule has 1 aliphatic heterocycles. The lowest BCUT2D eigenvalue weighted by Gasteiger charge is -2.08. The van der Waals surface area contributed by atoms with Crippen LogP contribution in [-0.4, -0.2) is 13.2 Å². The molecule has 0 bridgehead atoms. The first-order valence-corrected chi connectivity index (χ1v) is 5.46. The summed E-state index contributed by atoms with van der Waals surface area (Å²) in [4.78, 5) is 0. The van der Waals surface area contributed by atoms with Crippen molar-refractivity contribution in [1.82, 2.24) is 0 Å². The van der Waals surface area contributed by atoms with E-state index >= 15 is 0 Å². The van der Waals surface area contributed by atoms with Crippen LogP contribution in [0.2, 0.25) is 0 Å². The predicted octanol–water partition coefficient (Wildman–Crippen LogP) is 1.48. The van der Waals surface area contributed by atoms with Crippen LogP contribution in [0.3, 0.4) is 0 Å². The van der Waals surface area contributed by atoms with Crippen LogP contribution in [0.25, 0.3) is 0 Å². The number of ether oxygens (including phenoxy) is 1. The number of nitrogens with two attached hydrogens (primary N) is 1. The monoisotopic (exact) mass is 192 g/mol. The van der Waals surface area contributed by atoms with Gasteiger partial charge < -0.3 is 10.1 Å². The molecule has 1 atom stereocenters. The number of quaternary nitrogens is 1. The molecule has 1 fully saturated rings. The molecular weight excluding hydrogens is 174 g/mol. The molecule has 0 saturated carbocycles. The number of rotatable bonds is 3. The van der Waals surface area contributed by atoms with Crippen molar-refractivity contribution in [3.05, 3.63) is 29.8 Å². The molecule has 0 unspecified atom stereocenters. The molecule has 2 N–H and O–H groups in total. The van der Waals surface area contributed by atoms with E-state index in [2.05, 4.69) is 29.6 Å². The Morgan fingerprint density at radius 3 is 2.71 bits per heavy atom. The van der Waals surface area contributed by atoms with Gasteiger partial charge in [0.2, 0.25) is 0 Å². The van der Waals surface area contributed by atoms with Gasteiger partial charge in [-0.05, 0) is 31.2 Å². The topological polar surface area (TPSA) is 25.8 Å². The van der Waals surface area contributed by atoms with Gasteiger partial charge in [0.15, 0.2) is 0 Å². The molecule has 2 rings (SSSR count). The predicted molar refractivity (Wildman–Crippen MR) is 56.4 cm³/mol. The Morgan fingerprint density at radius 1 is 1.36 bits per heavy atom. The summed E-state index contributed by atoms with van der Waals surface area (Å²) < 4.78 is 5.41. The standard InChI is InChI=1S/C12H17NO/c1-2-14-11-7-5-10(6-8-11)12-4-3-9-13-12/h5-8,12-13H,2-4,9H2,1H3/p+1/t12-/m0/s1. The van der Waals surface area contributed by atoms with E-state index in [0.29, 0.717) is 6.04 Å². The van der Waals surface area contributed by atoms with Gasteiger partial charge in [0.05, 0.1) is 13.2 Å². The van der Waals surface area contributed by atoms with Crippen LogP contribution in [0.1, 0.15) is 31.4 Å². The smallest absolute Gasteiger partial charge is 0.119 e. The number of hydrogen-bond acceptors (Lipinski definition) is 1. The van der Waals surface area contributed by atoms with E-state index < -0.39 is 0 Å². The quantitative estimate of drug-likeness (QED) is 0.771. The summed E-state index contributed by atoms with van der Waals surface area (Å²) in [5.41, 5.74) is 1.44. The van der Waals surface area contributed by atoms with Gasteiger partial charge in [-0.15, -0.1) is 0 Å². The molecule has 1 aromatic rings. The summed E-state index contributed by atoms with van der Waals surface area (Å²) in [6.07, 6.45) is 2.66. The highest BCUT2D eigenvalue weighted by Gasteiger charge is 2.19. The highest BCUT2D eigenvalue weighted by atomic mass is 16.5. The fraction of sp³-hybridized carbons (Fsp3) is 0.500. The molecule has 0 aromatic heterocycles. The van der Waals surface area contributed by atoms with Crippen LogP contribution in [0.4, 0.5) is 0 Å². The molecule has 2 nitrogen and oxygen atoms in total. The third-order valence-corrected chi connectivity index (χ3v) is 2.79. The Labute approximate surface area is 85.3 Å². The summed E-state index contributed by atoms with van der Waals surface area (Å²) in [5.74, 6) is 0.981. The first-order valence-electron chi connectivity index (χ1n) is 5.46. The average Bonchev–Trinajstić information content (AvgIpc) is 2.72. The fourth-order valence-corrected chi connectivity index (χ4v) is 2.06. The first kappa shape index (κ1) is 9.53. The van der Waals surface area contributed by atoms with Crippen LogP contribution in [0.15, 0.2) is 24.3 Å². The van der Waals surface area contributed by atoms with Crippen LogP contribution >= 0.6 is 0 Å². The zero-order valence-corrected chi connectivity index (χ0v) is 8.70. The van der Waals surface area contributed by atoms with Crippen molar-refractivity contribution in [2.24, 2.45) is 0 Å². The van der Waals surface area contributed by atoms with Gasteiger partial charge >= 0.3 is 0 Å². The Morgan fingerprint density at radius 2 is 2.14 bits per heavy atom. The normalized spacial score (nSPS) is 21.1. The van der Waals surface area contributed by atoms with E-state index in [1.54, 1.807) is 0 Å². The van der Waals surface area contributed by atoms with Gasteiger partial charge in [-0.3, -0.25) is 0 Å². The second-order valence-electron chi connectivity index (χ2n) is 3.78. The Hall–Kier alpha value is -1.02. The van der Waals surface area contributed by atoms with Crippen LogP contribution in [0.5, 0.6) is 5.75 Å². The molecule has 2 heteroatoms. The molecule has 0 aliphatic carbocycles. The van der Waals surface area contributed by atoms with Crippen molar-refractivity contribution in [3.63, 3.8) is 0 Å². The van der Waals surface area contributed by atoms with Crippen LogP contribution in [0, 0.1) is 0 Å². The first-order chi connectivity index (χ1) is 6.90. The van der Waals surface area contributed by atoms with Crippen molar-refractivity contribution >= 4 is 0 Å². The largest absolute Gasteiger partial charge is 0.494 e. The maximum Gasteiger partial charge on any atom is 0.119 e. The van der Waals surface area contributed by atoms with Gasteiger partial charge in [-0.2, -0.15) is 0 Å². The minimum Gasteiger partial charge on any atom is -0.494 e. The summed E-state index contributed by atoms with van der Waals surface area (Å²) in [6, 6.07) is 9.22. The van der Waals surface area contributed by atoms with E-state index in [-0.39, 0.29) is 0 Å². The van der Waals surface area contributed by atoms with Crippen molar-refractivity contribution in [2.45, 2.75) is 25.8 Å². The molecule has 1 heterocycles. The SMILES string of the molecule is CCOc1ccc([C@@H]2CCC[NH2+]2)cc1. The third-order valence-electron chi connectivity index (χ3n) is 2.79. The maximum absolute atomic E-state index is 5.41. The average molecular weight is 192 g/mol. The molecule has 0 radical (unpaired) electrons. The van der Waals surface area contributed by atoms with Gasteiger partial charge in [0.25, 0.3) is 0 Å². The molecule has 76 valence electrons. The molecule has 0 amide bonds. The lowest BCUT2D eigenvalue weighted by molar-refractivity contribution is -0.676. The fourth-order valence-electron chi connectivity index (χ4n) is 2.06. The van der Waals surface area contributed by atoms with Crippen molar-refractivity contribution in [3.8, 4) is 5.75 Å². The van der Waals surface area contributed by atoms with Gasteiger partial charge in [-0.1, -0.05) is 0 Å². The zero-order valence-electron chi connectivity index (χ0n) is 8.70. The molecule has 1 aliphatic rings. The molecular formula is C12H18NO+. The zero-order chi connectivity index (χ0) is 9.80. The second-order valence-corrected chi connectivity index (χ2v) is 3.78. The summed E-state index contributed by atoms with van der Waals surface area (Å²) in [7, 11) is 0. The van der Waals surface area contributed by atoms with E-state index in [9.17, 15) is 0 Å². The lowest BCUT2D eigenvalue weighted by Crippen LogP contribution is -2.81. The summed E-state index contributed by atoms with van der Waals surface area (Å²) in [5, 5.41) is 2.43.